The van der Waals surface area contributed by atoms with E-state index >= 15 is 0 Å². The van der Waals surface area contributed by atoms with Gasteiger partial charge in [0.05, 0.1) is 6.61 Å². The molecule has 0 aliphatic heterocycles. The number of hydrogen-bond donors (Lipinski definition) is 1. The minimum absolute atomic E-state index is 0.0741. The molecular weight excluding hydrogens is 232 g/mol. The van der Waals surface area contributed by atoms with Gasteiger partial charge in [-0.25, -0.2) is 4.79 Å². The molecular formula is C14H26O4. The van der Waals surface area contributed by atoms with Crippen molar-refractivity contribution in [1.82, 2.24) is 0 Å². The van der Waals surface area contributed by atoms with Gasteiger partial charge in [0.25, 0.3) is 0 Å². The van der Waals surface area contributed by atoms with E-state index < -0.39 is 5.97 Å². The zero-order valence-corrected chi connectivity index (χ0v) is 11.8. The van der Waals surface area contributed by atoms with Gasteiger partial charge >= 0.3 is 11.9 Å². The minimum Gasteiger partial charge on any atom is -0.478 e. The number of esters is 1. The standard InChI is InChI=1S/C11H22O2.C3H4O2/c1-4-7-8-10(5-2)9-13-11(12)6-3;1-2-3(4)5/h10H,4-9H2,1-3H3;2H,1H2,(H,4,5). The summed E-state index contributed by atoms with van der Waals surface area (Å²) in [4.78, 5) is 20.1. The number of ether oxygens (including phenoxy) is 1. The molecule has 1 unspecified atom stereocenters. The molecule has 0 aromatic carbocycles. The van der Waals surface area contributed by atoms with E-state index in [1.165, 1.54) is 19.3 Å². The summed E-state index contributed by atoms with van der Waals surface area (Å²) in [5.74, 6) is -0.490. The maximum Gasteiger partial charge on any atom is 0.327 e. The maximum absolute atomic E-state index is 10.9. The Morgan fingerprint density at radius 1 is 1.33 bits per heavy atom. The zero-order chi connectivity index (χ0) is 14.4. The van der Waals surface area contributed by atoms with Gasteiger partial charge in [0.1, 0.15) is 0 Å². The van der Waals surface area contributed by atoms with Crippen LogP contribution >= 0.6 is 0 Å². The fourth-order valence-corrected chi connectivity index (χ4v) is 1.21. The van der Waals surface area contributed by atoms with Crippen LogP contribution in [0.4, 0.5) is 0 Å². The summed E-state index contributed by atoms with van der Waals surface area (Å²) < 4.78 is 5.10. The van der Waals surface area contributed by atoms with E-state index in [0.717, 1.165) is 12.5 Å². The van der Waals surface area contributed by atoms with Crippen LogP contribution in [0.15, 0.2) is 12.7 Å². The third-order valence-corrected chi connectivity index (χ3v) is 2.49. The van der Waals surface area contributed by atoms with E-state index in [0.29, 0.717) is 18.9 Å². The lowest BCUT2D eigenvalue weighted by molar-refractivity contribution is -0.144. The number of carbonyl (C=O) groups is 2. The monoisotopic (exact) mass is 258 g/mol. The Morgan fingerprint density at radius 3 is 2.22 bits per heavy atom. The number of carboxylic acids is 1. The van der Waals surface area contributed by atoms with Crippen LogP contribution in [-0.4, -0.2) is 23.7 Å². The SMILES string of the molecule is C=CC(=O)O.CCCCC(CC)COC(=O)CC. The minimum atomic E-state index is -0.981. The third-order valence-electron chi connectivity index (χ3n) is 2.49. The molecule has 0 aliphatic rings. The van der Waals surface area contributed by atoms with Crippen LogP contribution in [0, 0.1) is 5.92 Å². The number of hydrogen-bond acceptors (Lipinski definition) is 3. The Morgan fingerprint density at radius 2 is 1.89 bits per heavy atom. The van der Waals surface area contributed by atoms with E-state index in [2.05, 4.69) is 20.4 Å². The lowest BCUT2D eigenvalue weighted by Crippen LogP contribution is -2.12. The van der Waals surface area contributed by atoms with Crippen molar-refractivity contribution in [2.45, 2.75) is 52.9 Å². The van der Waals surface area contributed by atoms with E-state index in [-0.39, 0.29) is 5.97 Å². The van der Waals surface area contributed by atoms with Crippen molar-refractivity contribution in [3.8, 4) is 0 Å². The van der Waals surface area contributed by atoms with Gasteiger partial charge in [-0.1, -0.05) is 46.6 Å². The summed E-state index contributed by atoms with van der Waals surface area (Å²) in [5, 5.41) is 7.60. The number of aliphatic carboxylic acids is 1. The molecule has 0 amide bonds. The van der Waals surface area contributed by atoms with Crippen molar-refractivity contribution in [2.24, 2.45) is 5.92 Å². The van der Waals surface area contributed by atoms with Crippen LogP contribution < -0.4 is 0 Å². The Balaban J connectivity index is 0. The molecule has 0 aromatic rings. The summed E-state index contributed by atoms with van der Waals surface area (Å²) in [6.07, 6.45) is 6.08. The van der Waals surface area contributed by atoms with Gasteiger partial charge in [-0.05, 0) is 12.3 Å². The molecule has 0 radical (unpaired) electrons. The van der Waals surface area contributed by atoms with Crippen molar-refractivity contribution in [3.05, 3.63) is 12.7 Å². The number of rotatable bonds is 8. The van der Waals surface area contributed by atoms with E-state index in [1.54, 1.807) is 0 Å². The van der Waals surface area contributed by atoms with Crippen molar-refractivity contribution < 1.29 is 19.4 Å². The lowest BCUT2D eigenvalue weighted by Gasteiger charge is -2.13. The average molecular weight is 258 g/mol. The molecule has 4 heteroatoms. The molecule has 18 heavy (non-hydrogen) atoms. The van der Waals surface area contributed by atoms with Crippen molar-refractivity contribution in [1.29, 1.82) is 0 Å². The fourth-order valence-electron chi connectivity index (χ4n) is 1.21. The molecule has 0 rings (SSSR count). The van der Waals surface area contributed by atoms with Gasteiger partial charge in [-0.15, -0.1) is 0 Å². The van der Waals surface area contributed by atoms with Crippen LogP contribution in [0.25, 0.3) is 0 Å². The molecule has 1 atom stereocenters. The number of carbonyl (C=O) groups excluding carboxylic acids is 1. The first kappa shape index (κ1) is 19.0. The highest BCUT2D eigenvalue weighted by Crippen LogP contribution is 2.12. The summed E-state index contributed by atoms with van der Waals surface area (Å²) >= 11 is 0. The highest BCUT2D eigenvalue weighted by Gasteiger charge is 2.08. The molecule has 0 fully saturated rings. The van der Waals surface area contributed by atoms with Crippen molar-refractivity contribution in [2.75, 3.05) is 6.61 Å². The molecule has 0 aromatic heterocycles. The third kappa shape index (κ3) is 14.7. The largest absolute Gasteiger partial charge is 0.478 e. The predicted octanol–water partition coefficient (Wildman–Crippen LogP) is 3.41. The quantitative estimate of drug-likeness (QED) is 0.535. The second-order valence-corrected chi connectivity index (χ2v) is 4.00. The number of unbranched alkanes of at least 4 members (excludes halogenated alkanes) is 1. The van der Waals surface area contributed by atoms with Crippen LogP contribution in [0.1, 0.15) is 52.9 Å². The zero-order valence-electron chi connectivity index (χ0n) is 11.8. The summed E-state index contributed by atoms with van der Waals surface area (Å²) in [6.45, 7) is 9.74. The van der Waals surface area contributed by atoms with Gasteiger partial charge in [0, 0.05) is 12.5 Å². The van der Waals surface area contributed by atoms with Gasteiger partial charge in [0.15, 0.2) is 0 Å². The molecule has 0 bridgehead atoms. The molecule has 106 valence electrons. The first-order chi connectivity index (χ1) is 8.51. The lowest BCUT2D eigenvalue weighted by atomic mass is 10.0. The first-order valence-corrected chi connectivity index (χ1v) is 6.52. The highest BCUT2D eigenvalue weighted by molar-refractivity contribution is 5.78. The van der Waals surface area contributed by atoms with Gasteiger partial charge in [-0.3, -0.25) is 4.79 Å². The van der Waals surface area contributed by atoms with Crippen LogP contribution in [-0.2, 0) is 14.3 Å². The molecule has 0 heterocycles. The van der Waals surface area contributed by atoms with Gasteiger partial charge in [-0.2, -0.15) is 0 Å². The molecule has 4 nitrogen and oxygen atoms in total. The fraction of sp³-hybridized carbons (Fsp3) is 0.714. The summed E-state index contributed by atoms with van der Waals surface area (Å²) in [6, 6.07) is 0. The van der Waals surface area contributed by atoms with Crippen LogP contribution in [0.2, 0.25) is 0 Å². The summed E-state index contributed by atoms with van der Waals surface area (Å²) in [7, 11) is 0. The van der Waals surface area contributed by atoms with Crippen molar-refractivity contribution >= 4 is 11.9 Å². The average Bonchev–Trinajstić information content (AvgIpc) is 2.39. The summed E-state index contributed by atoms with van der Waals surface area (Å²) in [5.41, 5.74) is 0. The molecule has 1 N–H and O–H groups in total. The Bertz CT molecular complexity index is 236. The Labute approximate surface area is 110 Å². The van der Waals surface area contributed by atoms with Crippen LogP contribution in [0.3, 0.4) is 0 Å². The van der Waals surface area contributed by atoms with E-state index in [9.17, 15) is 9.59 Å². The Hall–Kier alpha value is -1.32. The Kier molecular flexibility index (Phi) is 14.5. The molecule has 0 saturated carbocycles. The van der Waals surface area contributed by atoms with E-state index in [4.69, 9.17) is 9.84 Å². The topological polar surface area (TPSA) is 63.6 Å². The van der Waals surface area contributed by atoms with Gasteiger partial charge in [0.2, 0.25) is 0 Å². The second-order valence-electron chi connectivity index (χ2n) is 4.00. The number of carboxylic acid groups (broad SMARTS) is 1. The highest BCUT2D eigenvalue weighted by atomic mass is 16.5. The predicted molar refractivity (Wildman–Crippen MR) is 72.4 cm³/mol. The smallest absolute Gasteiger partial charge is 0.327 e. The van der Waals surface area contributed by atoms with Crippen LogP contribution in [0.5, 0.6) is 0 Å². The van der Waals surface area contributed by atoms with Crippen molar-refractivity contribution in [3.63, 3.8) is 0 Å². The first-order valence-electron chi connectivity index (χ1n) is 6.52. The molecule has 0 aliphatic carbocycles. The second kappa shape index (κ2) is 13.7. The van der Waals surface area contributed by atoms with E-state index in [1.807, 2.05) is 6.92 Å². The van der Waals surface area contributed by atoms with Gasteiger partial charge < -0.3 is 9.84 Å². The normalized spacial score (nSPS) is 10.8. The molecule has 0 saturated heterocycles. The molecule has 0 spiro atoms. The maximum atomic E-state index is 10.9.